The smallest absolute Gasteiger partial charge is 0.264 e. The number of hydrogen-bond donors (Lipinski definition) is 3. The van der Waals surface area contributed by atoms with E-state index in [1.165, 1.54) is 6.21 Å². The Balaban J connectivity index is 2.41. The van der Waals surface area contributed by atoms with E-state index in [1.54, 1.807) is 24.4 Å². The predicted octanol–water partition coefficient (Wildman–Crippen LogP) is 1.28. The minimum atomic E-state index is -0.508. The van der Waals surface area contributed by atoms with E-state index in [9.17, 15) is 9.90 Å². The van der Waals surface area contributed by atoms with Gasteiger partial charge in [-0.05, 0) is 24.4 Å². The van der Waals surface area contributed by atoms with Gasteiger partial charge in [0.15, 0.2) is 10.6 Å². The van der Waals surface area contributed by atoms with Crippen LogP contribution < -0.4 is 5.56 Å². The van der Waals surface area contributed by atoms with Crippen LogP contribution >= 0.6 is 12.2 Å². The number of H-pyrrole nitrogens is 2. The van der Waals surface area contributed by atoms with Crippen LogP contribution in [0.4, 0.5) is 5.82 Å². The first kappa shape index (κ1) is 11.2. The summed E-state index contributed by atoms with van der Waals surface area (Å²) in [5, 5.41) is 9.50. The zero-order valence-electron chi connectivity index (χ0n) is 8.54. The summed E-state index contributed by atoms with van der Waals surface area (Å²) >= 11 is 4.70. The first-order valence-electron chi connectivity index (χ1n) is 4.67. The highest BCUT2D eigenvalue weighted by molar-refractivity contribution is 7.71. The molecular weight excluding hydrogens is 240 g/mol. The lowest BCUT2D eigenvalue weighted by molar-refractivity contribution is 0.449. The number of pyridine rings is 1. The summed E-state index contributed by atoms with van der Waals surface area (Å²) in [4.78, 5) is 24.1. The molecule has 0 bridgehead atoms. The highest BCUT2D eigenvalue weighted by Crippen LogP contribution is 2.08. The Hall–Kier alpha value is -2.28. The van der Waals surface area contributed by atoms with Gasteiger partial charge in [0.1, 0.15) is 5.56 Å². The number of aliphatic imine (C=N–C) groups is 1. The molecule has 86 valence electrons. The summed E-state index contributed by atoms with van der Waals surface area (Å²) in [6.07, 6.45) is 2.80. The van der Waals surface area contributed by atoms with Gasteiger partial charge in [-0.3, -0.25) is 9.78 Å². The highest BCUT2D eigenvalue weighted by atomic mass is 32.1. The van der Waals surface area contributed by atoms with Gasteiger partial charge in [0.25, 0.3) is 5.56 Å². The lowest BCUT2D eigenvalue weighted by Crippen LogP contribution is -2.13. The standard InChI is InChI=1S/C10H8N4O2S/c15-8-6(9(16)14-10(17)13-8)5-12-7-3-1-2-4-11-7/h1-5H,(H3,13,14,15,16,17)/b12-5+. The van der Waals surface area contributed by atoms with E-state index in [0.29, 0.717) is 5.82 Å². The van der Waals surface area contributed by atoms with Gasteiger partial charge in [-0.1, -0.05) is 6.07 Å². The van der Waals surface area contributed by atoms with Gasteiger partial charge in [0.2, 0.25) is 5.88 Å². The van der Waals surface area contributed by atoms with Crippen LogP contribution in [-0.4, -0.2) is 26.3 Å². The molecule has 6 nitrogen and oxygen atoms in total. The number of nitrogens with one attached hydrogen (secondary N) is 2. The first-order chi connectivity index (χ1) is 8.16. The Morgan fingerprint density at radius 3 is 2.88 bits per heavy atom. The van der Waals surface area contributed by atoms with Crippen molar-refractivity contribution in [3.05, 3.63) is 45.1 Å². The van der Waals surface area contributed by atoms with Gasteiger partial charge in [0, 0.05) is 12.4 Å². The minimum absolute atomic E-state index is 0.00394. The second kappa shape index (κ2) is 4.71. The van der Waals surface area contributed by atoms with Crippen LogP contribution in [0.3, 0.4) is 0 Å². The normalized spacial score (nSPS) is 10.8. The number of rotatable bonds is 2. The molecule has 2 heterocycles. The van der Waals surface area contributed by atoms with Gasteiger partial charge in [-0.2, -0.15) is 0 Å². The van der Waals surface area contributed by atoms with Crippen LogP contribution in [0.5, 0.6) is 5.88 Å². The minimum Gasteiger partial charge on any atom is -0.494 e. The molecule has 0 aliphatic heterocycles. The predicted molar refractivity (Wildman–Crippen MR) is 65.4 cm³/mol. The van der Waals surface area contributed by atoms with Crippen LogP contribution in [0.15, 0.2) is 34.2 Å². The average Bonchev–Trinajstić information content (AvgIpc) is 2.29. The van der Waals surface area contributed by atoms with Crippen molar-refractivity contribution < 1.29 is 5.11 Å². The molecule has 0 aliphatic rings. The molecule has 0 atom stereocenters. The van der Waals surface area contributed by atoms with E-state index in [-0.39, 0.29) is 16.2 Å². The molecule has 2 rings (SSSR count). The van der Waals surface area contributed by atoms with Crippen molar-refractivity contribution in [2.24, 2.45) is 4.99 Å². The topological polar surface area (TPSA) is 94.1 Å². The lowest BCUT2D eigenvalue weighted by Gasteiger charge is -1.96. The van der Waals surface area contributed by atoms with Gasteiger partial charge in [-0.15, -0.1) is 0 Å². The average molecular weight is 248 g/mol. The van der Waals surface area contributed by atoms with E-state index < -0.39 is 5.56 Å². The second-order valence-electron chi connectivity index (χ2n) is 3.12. The molecule has 3 N–H and O–H groups in total. The van der Waals surface area contributed by atoms with Crippen molar-refractivity contribution in [1.82, 2.24) is 15.0 Å². The molecule has 17 heavy (non-hydrogen) atoms. The molecule has 0 spiro atoms. The molecule has 7 heteroatoms. The van der Waals surface area contributed by atoms with Crippen LogP contribution in [0.2, 0.25) is 0 Å². The van der Waals surface area contributed by atoms with E-state index in [0.717, 1.165) is 0 Å². The van der Waals surface area contributed by atoms with Crippen molar-refractivity contribution in [2.45, 2.75) is 0 Å². The third-order valence-electron chi connectivity index (χ3n) is 1.93. The molecule has 0 saturated heterocycles. The molecule has 0 radical (unpaired) electrons. The third-order valence-corrected chi connectivity index (χ3v) is 2.14. The largest absolute Gasteiger partial charge is 0.494 e. The molecular formula is C10H8N4O2S. The van der Waals surface area contributed by atoms with Crippen molar-refractivity contribution >= 4 is 24.3 Å². The summed E-state index contributed by atoms with van der Waals surface area (Å²) < 4.78 is 0.0579. The SMILES string of the molecule is O=c1[nH]c(=S)[nH]c(O)c1/C=N/c1ccccn1. The van der Waals surface area contributed by atoms with Crippen molar-refractivity contribution in [3.8, 4) is 5.88 Å². The number of aromatic hydroxyl groups is 1. The molecule has 0 saturated carbocycles. The van der Waals surface area contributed by atoms with Gasteiger partial charge in [0.05, 0.1) is 0 Å². The Morgan fingerprint density at radius 1 is 1.41 bits per heavy atom. The van der Waals surface area contributed by atoms with Gasteiger partial charge in [-0.25, -0.2) is 9.98 Å². The fourth-order valence-corrected chi connectivity index (χ4v) is 1.35. The van der Waals surface area contributed by atoms with E-state index in [4.69, 9.17) is 12.2 Å². The molecule has 0 aliphatic carbocycles. The molecule has 0 amide bonds. The maximum absolute atomic E-state index is 11.5. The van der Waals surface area contributed by atoms with E-state index >= 15 is 0 Å². The second-order valence-corrected chi connectivity index (χ2v) is 3.52. The van der Waals surface area contributed by atoms with Gasteiger partial charge < -0.3 is 10.1 Å². The van der Waals surface area contributed by atoms with Crippen LogP contribution in [0, 0.1) is 4.77 Å². The van der Waals surface area contributed by atoms with Crippen molar-refractivity contribution in [3.63, 3.8) is 0 Å². The summed E-state index contributed by atoms with van der Waals surface area (Å²) in [7, 11) is 0. The summed E-state index contributed by atoms with van der Waals surface area (Å²) in [6.45, 7) is 0. The lowest BCUT2D eigenvalue weighted by atomic mass is 10.3. The quantitative estimate of drug-likeness (QED) is 0.551. The summed E-state index contributed by atoms with van der Waals surface area (Å²) in [6, 6.07) is 5.19. The Bertz CT molecular complexity index is 660. The van der Waals surface area contributed by atoms with Crippen molar-refractivity contribution in [1.29, 1.82) is 0 Å². The maximum Gasteiger partial charge on any atom is 0.264 e. The summed E-state index contributed by atoms with van der Waals surface area (Å²) in [5.41, 5.74) is -0.504. The van der Waals surface area contributed by atoms with E-state index in [2.05, 4.69) is 19.9 Å². The maximum atomic E-state index is 11.5. The number of aromatic amines is 2. The zero-order chi connectivity index (χ0) is 12.3. The van der Waals surface area contributed by atoms with E-state index in [1.807, 2.05) is 0 Å². The molecule has 0 aromatic carbocycles. The Kier molecular flexibility index (Phi) is 3.10. The van der Waals surface area contributed by atoms with Crippen LogP contribution in [-0.2, 0) is 0 Å². The molecule has 2 aromatic rings. The molecule has 2 aromatic heterocycles. The number of hydrogen-bond acceptors (Lipinski definition) is 5. The third kappa shape index (κ3) is 2.64. The highest BCUT2D eigenvalue weighted by Gasteiger charge is 2.03. The fourth-order valence-electron chi connectivity index (χ4n) is 1.16. The number of nitrogens with zero attached hydrogens (tertiary/aromatic N) is 2. The van der Waals surface area contributed by atoms with Crippen LogP contribution in [0.25, 0.3) is 0 Å². The molecule has 0 fully saturated rings. The Labute approximate surface area is 101 Å². The number of aromatic nitrogens is 3. The van der Waals surface area contributed by atoms with Gasteiger partial charge >= 0.3 is 0 Å². The monoisotopic (exact) mass is 248 g/mol. The molecule has 0 unspecified atom stereocenters. The Morgan fingerprint density at radius 2 is 2.24 bits per heavy atom. The fraction of sp³-hybridized carbons (Fsp3) is 0. The zero-order valence-corrected chi connectivity index (χ0v) is 9.36. The first-order valence-corrected chi connectivity index (χ1v) is 5.08. The van der Waals surface area contributed by atoms with Crippen molar-refractivity contribution in [2.75, 3.05) is 0 Å². The summed E-state index contributed by atoms with van der Waals surface area (Å²) in [5.74, 6) is 0.118. The van der Waals surface area contributed by atoms with Crippen LogP contribution in [0.1, 0.15) is 5.56 Å².